The molecule has 1 aromatic rings. The van der Waals surface area contributed by atoms with Crippen molar-refractivity contribution in [1.82, 2.24) is 0 Å². The van der Waals surface area contributed by atoms with E-state index in [1.165, 1.54) is 0 Å². The van der Waals surface area contributed by atoms with E-state index in [0.29, 0.717) is 0 Å². The molecule has 0 aliphatic rings. The molecule has 2 N–H and O–H groups in total. The Morgan fingerprint density at radius 3 is 2.56 bits per heavy atom. The molecule has 0 radical (unpaired) electrons. The average Bonchev–Trinajstić information content (AvgIpc) is 2.21. The quantitative estimate of drug-likeness (QED) is 0.886. The molecular formula is C13H20BrNO. The third kappa shape index (κ3) is 3.80. The third-order valence-corrected chi connectivity index (χ3v) is 3.12. The van der Waals surface area contributed by atoms with Crippen LogP contribution in [0.4, 0.5) is 0 Å². The number of halogens is 1. The lowest BCUT2D eigenvalue weighted by atomic mass is 10.1. The number of rotatable bonds is 5. The Hall–Kier alpha value is -0.540. The minimum atomic E-state index is 0.0541. The van der Waals surface area contributed by atoms with E-state index in [2.05, 4.69) is 29.8 Å². The lowest BCUT2D eigenvalue weighted by Crippen LogP contribution is -2.11. The van der Waals surface area contributed by atoms with Crippen molar-refractivity contribution in [2.24, 2.45) is 5.73 Å². The van der Waals surface area contributed by atoms with Crippen molar-refractivity contribution < 1.29 is 4.74 Å². The van der Waals surface area contributed by atoms with E-state index in [0.717, 1.165) is 28.6 Å². The molecule has 0 aliphatic heterocycles. The maximum absolute atomic E-state index is 5.83. The van der Waals surface area contributed by atoms with Gasteiger partial charge in [0.05, 0.1) is 10.6 Å². The van der Waals surface area contributed by atoms with Crippen molar-refractivity contribution in [2.45, 2.75) is 45.8 Å². The van der Waals surface area contributed by atoms with E-state index in [-0.39, 0.29) is 12.1 Å². The SMILES string of the molecule is CCCC(C)Oc1ccc(C(C)N)cc1Br. The van der Waals surface area contributed by atoms with E-state index in [4.69, 9.17) is 10.5 Å². The average molecular weight is 286 g/mol. The molecule has 0 saturated heterocycles. The molecule has 0 spiro atoms. The summed E-state index contributed by atoms with van der Waals surface area (Å²) in [6, 6.07) is 6.08. The lowest BCUT2D eigenvalue weighted by Gasteiger charge is -2.16. The zero-order valence-electron chi connectivity index (χ0n) is 10.2. The number of ether oxygens (including phenoxy) is 1. The van der Waals surface area contributed by atoms with Crippen molar-refractivity contribution >= 4 is 15.9 Å². The van der Waals surface area contributed by atoms with Crippen LogP contribution in [0.1, 0.15) is 45.2 Å². The number of hydrogen-bond donors (Lipinski definition) is 1. The van der Waals surface area contributed by atoms with Gasteiger partial charge in [-0.3, -0.25) is 0 Å². The fraction of sp³-hybridized carbons (Fsp3) is 0.538. The molecule has 0 saturated carbocycles. The van der Waals surface area contributed by atoms with Gasteiger partial charge in [-0.15, -0.1) is 0 Å². The minimum Gasteiger partial charge on any atom is -0.490 e. The molecule has 0 aliphatic carbocycles. The Kier molecular flexibility index (Phi) is 5.29. The summed E-state index contributed by atoms with van der Waals surface area (Å²) in [6.45, 7) is 6.23. The highest BCUT2D eigenvalue weighted by atomic mass is 79.9. The molecule has 0 heterocycles. The monoisotopic (exact) mass is 285 g/mol. The second kappa shape index (κ2) is 6.26. The summed E-state index contributed by atoms with van der Waals surface area (Å²) in [5, 5.41) is 0. The predicted octanol–water partition coefficient (Wildman–Crippen LogP) is 4.04. The topological polar surface area (TPSA) is 35.2 Å². The Morgan fingerprint density at radius 1 is 1.38 bits per heavy atom. The summed E-state index contributed by atoms with van der Waals surface area (Å²) >= 11 is 3.51. The first kappa shape index (κ1) is 13.5. The standard InChI is InChI=1S/C13H20BrNO/c1-4-5-9(2)16-13-7-6-11(10(3)15)8-12(13)14/h6-10H,4-5,15H2,1-3H3. The highest BCUT2D eigenvalue weighted by Gasteiger charge is 2.08. The van der Waals surface area contributed by atoms with E-state index >= 15 is 0 Å². The smallest absolute Gasteiger partial charge is 0.133 e. The normalized spacial score (nSPS) is 14.6. The molecule has 0 fully saturated rings. The molecule has 2 unspecified atom stereocenters. The molecule has 0 bridgehead atoms. The number of benzene rings is 1. The van der Waals surface area contributed by atoms with Gasteiger partial charge in [-0.1, -0.05) is 19.4 Å². The van der Waals surface area contributed by atoms with Gasteiger partial charge >= 0.3 is 0 Å². The van der Waals surface area contributed by atoms with Crippen molar-refractivity contribution in [3.8, 4) is 5.75 Å². The fourth-order valence-corrected chi connectivity index (χ4v) is 2.07. The summed E-state index contributed by atoms with van der Waals surface area (Å²) in [5.74, 6) is 0.894. The van der Waals surface area contributed by atoms with Gasteiger partial charge in [0.25, 0.3) is 0 Å². The van der Waals surface area contributed by atoms with Gasteiger partial charge in [0.2, 0.25) is 0 Å². The molecule has 2 atom stereocenters. The minimum absolute atomic E-state index is 0.0541. The van der Waals surface area contributed by atoms with Gasteiger partial charge in [-0.2, -0.15) is 0 Å². The lowest BCUT2D eigenvalue weighted by molar-refractivity contribution is 0.208. The molecule has 16 heavy (non-hydrogen) atoms. The van der Waals surface area contributed by atoms with Gasteiger partial charge in [0.15, 0.2) is 0 Å². The Bertz CT molecular complexity index is 339. The zero-order chi connectivity index (χ0) is 12.1. The molecule has 0 amide bonds. The van der Waals surface area contributed by atoms with Gasteiger partial charge in [-0.05, 0) is 53.9 Å². The highest BCUT2D eigenvalue weighted by molar-refractivity contribution is 9.10. The second-order valence-corrected chi connectivity index (χ2v) is 5.05. The van der Waals surface area contributed by atoms with Crippen molar-refractivity contribution in [1.29, 1.82) is 0 Å². The summed E-state index contributed by atoms with van der Waals surface area (Å²) in [6.07, 6.45) is 2.46. The molecule has 90 valence electrons. The van der Waals surface area contributed by atoms with Gasteiger partial charge in [0.1, 0.15) is 5.75 Å². The van der Waals surface area contributed by atoms with Crippen molar-refractivity contribution in [3.05, 3.63) is 28.2 Å². The van der Waals surface area contributed by atoms with Crippen molar-refractivity contribution in [2.75, 3.05) is 0 Å². The molecular weight excluding hydrogens is 266 g/mol. The van der Waals surface area contributed by atoms with Crippen LogP contribution in [0, 0.1) is 0 Å². The van der Waals surface area contributed by atoms with Crippen LogP contribution >= 0.6 is 15.9 Å². The maximum Gasteiger partial charge on any atom is 0.133 e. The summed E-state index contributed by atoms with van der Waals surface area (Å²) < 4.78 is 6.81. The molecule has 3 heteroatoms. The van der Waals surface area contributed by atoms with Crippen LogP contribution in [-0.2, 0) is 0 Å². The third-order valence-electron chi connectivity index (χ3n) is 2.51. The zero-order valence-corrected chi connectivity index (χ0v) is 11.8. The Labute approximate surface area is 106 Å². The second-order valence-electron chi connectivity index (χ2n) is 4.20. The van der Waals surface area contributed by atoms with Gasteiger partial charge < -0.3 is 10.5 Å². The number of nitrogens with two attached hydrogens (primary N) is 1. The largest absolute Gasteiger partial charge is 0.490 e. The first-order chi connectivity index (χ1) is 7.54. The van der Waals surface area contributed by atoms with Crippen LogP contribution < -0.4 is 10.5 Å². The first-order valence-corrected chi connectivity index (χ1v) is 6.55. The Balaban J connectivity index is 2.75. The Morgan fingerprint density at radius 2 is 2.06 bits per heavy atom. The molecule has 2 nitrogen and oxygen atoms in total. The molecule has 1 aromatic carbocycles. The van der Waals surface area contributed by atoms with E-state index in [9.17, 15) is 0 Å². The highest BCUT2D eigenvalue weighted by Crippen LogP contribution is 2.29. The van der Waals surface area contributed by atoms with Gasteiger partial charge in [0, 0.05) is 6.04 Å². The summed E-state index contributed by atoms with van der Waals surface area (Å²) in [4.78, 5) is 0. The van der Waals surface area contributed by atoms with Crippen LogP contribution in [0.2, 0.25) is 0 Å². The fourth-order valence-electron chi connectivity index (χ4n) is 1.58. The van der Waals surface area contributed by atoms with Crippen LogP contribution in [0.25, 0.3) is 0 Å². The van der Waals surface area contributed by atoms with Crippen LogP contribution in [0.5, 0.6) is 5.75 Å². The summed E-state index contributed by atoms with van der Waals surface area (Å²) in [5.41, 5.74) is 6.93. The maximum atomic E-state index is 5.83. The number of hydrogen-bond acceptors (Lipinski definition) is 2. The first-order valence-electron chi connectivity index (χ1n) is 5.76. The molecule has 1 rings (SSSR count). The predicted molar refractivity (Wildman–Crippen MR) is 71.7 cm³/mol. The van der Waals surface area contributed by atoms with Crippen LogP contribution in [0.3, 0.4) is 0 Å². The van der Waals surface area contributed by atoms with Crippen molar-refractivity contribution in [3.63, 3.8) is 0 Å². The van der Waals surface area contributed by atoms with Crippen LogP contribution in [-0.4, -0.2) is 6.10 Å². The van der Waals surface area contributed by atoms with Crippen LogP contribution in [0.15, 0.2) is 22.7 Å². The van der Waals surface area contributed by atoms with E-state index < -0.39 is 0 Å². The van der Waals surface area contributed by atoms with Gasteiger partial charge in [-0.25, -0.2) is 0 Å². The molecule has 0 aromatic heterocycles. The summed E-state index contributed by atoms with van der Waals surface area (Å²) in [7, 11) is 0. The van der Waals surface area contributed by atoms with E-state index in [1.807, 2.05) is 25.1 Å². The van der Waals surface area contributed by atoms with E-state index in [1.54, 1.807) is 0 Å².